The number of carbonyl (C=O) groups excluding carboxylic acids is 1. The Morgan fingerprint density at radius 1 is 1.07 bits per heavy atom. The largest absolute Gasteiger partial charge is 0.484 e. The SMILES string of the molecule is O=C(COc1ccc2ccc(=O)oc2c1)N1CCN(CC2CC3C=CC2C3)CC1. The summed E-state index contributed by atoms with van der Waals surface area (Å²) in [6, 6.07) is 8.37. The normalized spacial score (nSPS) is 26.3. The van der Waals surface area contributed by atoms with Gasteiger partial charge in [-0.15, -0.1) is 0 Å². The van der Waals surface area contributed by atoms with E-state index >= 15 is 0 Å². The Morgan fingerprint density at radius 3 is 2.66 bits per heavy atom. The van der Waals surface area contributed by atoms with Crippen molar-refractivity contribution in [3.05, 3.63) is 52.9 Å². The van der Waals surface area contributed by atoms with Crippen LogP contribution in [-0.2, 0) is 4.79 Å². The molecule has 1 saturated heterocycles. The van der Waals surface area contributed by atoms with Crippen molar-refractivity contribution in [1.82, 2.24) is 9.80 Å². The van der Waals surface area contributed by atoms with Crippen LogP contribution in [0.4, 0.5) is 0 Å². The minimum absolute atomic E-state index is 0.000252. The molecule has 2 aliphatic carbocycles. The van der Waals surface area contributed by atoms with Crippen molar-refractivity contribution in [3.8, 4) is 5.75 Å². The molecule has 3 aliphatic rings. The summed E-state index contributed by atoms with van der Waals surface area (Å²) in [6.45, 7) is 4.54. The van der Waals surface area contributed by atoms with Gasteiger partial charge in [0.2, 0.25) is 0 Å². The van der Waals surface area contributed by atoms with E-state index in [1.807, 2.05) is 11.0 Å². The van der Waals surface area contributed by atoms with Crippen molar-refractivity contribution in [1.29, 1.82) is 0 Å². The number of piperazine rings is 1. The van der Waals surface area contributed by atoms with Crippen LogP contribution in [0.1, 0.15) is 12.8 Å². The van der Waals surface area contributed by atoms with Gasteiger partial charge in [-0.05, 0) is 48.8 Å². The summed E-state index contributed by atoms with van der Waals surface area (Å²) in [5.74, 6) is 2.92. The number of amides is 1. The third-order valence-corrected chi connectivity index (χ3v) is 6.59. The number of allylic oxidation sites excluding steroid dienone is 2. The highest BCUT2D eigenvalue weighted by molar-refractivity contribution is 5.79. The van der Waals surface area contributed by atoms with E-state index in [1.165, 1.54) is 18.9 Å². The Morgan fingerprint density at radius 2 is 1.90 bits per heavy atom. The van der Waals surface area contributed by atoms with Gasteiger partial charge in [0.25, 0.3) is 5.91 Å². The number of fused-ring (bicyclic) bond motifs is 3. The maximum absolute atomic E-state index is 12.5. The molecule has 3 unspecified atom stereocenters. The molecule has 0 radical (unpaired) electrons. The molecule has 3 atom stereocenters. The van der Waals surface area contributed by atoms with E-state index in [9.17, 15) is 9.59 Å². The lowest BCUT2D eigenvalue weighted by molar-refractivity contribution is -0.135. The van der Waals surface area contributed by atoms with Crippen LogP contribution in [0, 0.1) is 17.8 Å². The van der Waals surface area contributed by atoms with Gasteiger partial charge >= 0.3 is 5.63 Å². The molecule has 152 valence electrons. The van der Waals surface area contributed by atoms with Crippen LogP contribution in [0.5, 0.6) is 5.75 Å². The number of benzene rings is 1. The van der Waals surface area contributed by atoms with Crippen LogP contribution in [0.3, 0.4) is 0 Å². The van der Waals surface area contributed by atoms with Crippen LogP contribution >= 0.6 is 0 Å². The molecule has 1 saturated carbocycles. The van der Waals surface area contributed by atoms with Crippen LogP contribution in [0.15, 0.2) is 51.7 Å². The topological polar surface area (TPSA) is 63.0 Å². The standard InChI is InChI=1S/C23H26N2O4/c26-22(15-28-20-5-3-17-4-6-23(27)29-21(17)13-20)25-9-7-24(8-10-25)14-19-12-16-1-2-18(19)11-16/h1-6,13,16,18-19H,7-12,14-15H2. The van der Waals surface area contributed by atoms with Crippen LogP contribution < -0.4 is 10.4 Å². The Bertz CT molecular complexity index is 990. The second-order valence-corrected chi connectivity index (χ2v) is 8.46. The van der Waals surface area contributed by atoms with Gasteiger partial charge in [-0.1, -0.05) is 12.2 Å². The summed E-state index contributed by atoms with van der Waals surface area (Å²) >= 11 is 0. The highest BCUT2D eigenvalue weighted by Gasteiger charge is 2.36. The monoisotopic (exact) mass is 394 g/mol. The van der Waals surface area contributed by atoms with Crippen molar-refractivity contribution in [2.24, 2.45) is 17.8 Å². The molecule has 0 spiro atoms. The zero-order chi connectivity index (χ0) is 19.8. The Balaban J connectivity index is 1.10. The molecule has 29 heavy (non-hydrogen) atoms. The summed E-state index contributed by atoms with van der Waals surface area (Å²) in [5.41, 5.74) is 0.0663. The van der Waals surface area contributed by atoms with Crippen molar-refractivity contribution in [2.45, 2.75) is 12.8 Å². The van der Waals surface area contributed by atoms with Gasteiger partial charge in [-0.2, -0.15) is 0 Å². The van der Waals surface area contributed by atoms with Gasteiger partial charge in [-0.25, -0.2) is 4.79 Å². The second kappa shape index (κ2) is 7.67. The zero-order valence-electron chi connectivity index (χ0n) is 16.5. The average molecular weight is 394 g/mol. The highest BCUT2D eigenvalue weighted by atomic mass is 16.5. The fraction of sp³-hybridized carbons (Fsp3) is 0.478. The van der Waals surface area contributed by atoms with Crippen molar-refractivity contribution in [2.75, 3.05) is 39.3 Å². The van der Waals surface area contributed by atoms with Gasteiger partial charge < -0.3 is 14.1 Å². The molecule has 0 N–H and O–H groups in total. The number of ether oxygens (including phenoxy) is 1. The summed E-state index contributed by atoms with van der Waals surface area (Å²) in [4.78, 5) is 28.3. The van der Waals surface area contributed by atoms with E-state index in [0.29, 0.717) is 11.3 Å². The molecule has 6 heteroatoms. The minimum atomic E-state index is -0.398. The fourth-order valence-electron chi connectivity index (χ4n) is 4.98. The van der Waals surface area contributed by atoms with E-state index in [2.05, 4.69) is 17.1 Å². The number of hydrogen-bond donors (Lipinski definition) is 0. The third-order valence-electron chi connectivity index (χ3n) is 6.59. The predicted octanol–water partition coefficient (Wildman–Crippen LogP) is 2.53. The van der Waals surface area contributed by atoms with Crippen molar-refractivity contribution < 1.29 is 13.9 Å². The smallest absolute Gasteiger partial charge is 0.336 e. The Labute approximate surface area is 169 Å². The summed E-state index contributed by atoms with van der Waals surface area (Å²) in [7, 11) is 0. The first-order chi connectivity index (χ1) is 14.1. The Hall–Kier alpha value is -2.60. The van der Waals surface area contributed by atoms with Gasteiger partial charge in [-0.3, -0.25) is 9.69 Å². The maximum Gasteiger partial charge on any atom is 0.336 e. The van der Waals surface area contributed by atoms with Crippen molar-refractivity contribution in [3.63, 3.8) is 0 Å². The summed E-state index contributed by atoms with van der Waals surface area (Å²) in [5, 5.41) is 0.824. The molecule has 5 rings (SSSR count). The first-order valence-electron chi connectivity index (χ1n) is 10.5. The average Bonchev–Trinajstić information content (AvgIpc) is 3.35. The molecular formula is C23H26N2O4. The highest BCUT2D eigenvalue weighted by Crippen LogP contribution is 2.43. The van der Waals surface area contributed by atoms with Gasteiger partial charge in [0.1, 0.15) is 11.3 Å². The summed E-state index contributed by atoms with van der Waals surface area (Å²) < 4.78 is 10.8. The van der Waals surface area contributed by atoms with E-state index in [0.717, 1.165) is 55.9 Å². The van der Waals surface area contributed by atoms with E-state index < -0.39 is 5.63 Å². The third kappa shape index (κ3) is 3.94. The van der Waals surface area contributed by atoms with Gasteiger partial charge in [0.15, 0.2) is 6.61 Å². The first kappa shape index (κ1) is 18.4. The molecule has 2 bridgehead atoms. The number of nitrogens with zero attached hydrogens (tertiary/aromatic N) is 2. The van der Waals surface area contributed by atoms with E-state index in [1.54, 1.807) is 18.2 Å². The molecule has 6 nitrogen and oxygen atoms in total. The van der Waals surface area contributed by atoms with E-state index in [-0.39, 0.29) is 12.5 Å². The molecule has 2 fully saturated rings. The van der Waals surface area contributed by atoms with Crippen LogP contribution in [0.2, 0.25) is 0 Å². The molecule has 1 aromatic heterocycles. The van der Waals surface area contributed by atoms with Crippen LogP contribution in [0.25, 0.3) is 11.0 Å². The minimum Gasteiger partial charge on any atom is -0.484 e. The number of hydrogen-bond acceptors (Lipinski definition) is 5. The fourth-order valence-corrected chi connectivity index (χ4v) is 4.98. The molecule has 1 aliphatic heterocycles. The van der Waals surface area contributed by atoms with Gasteiger partial charge in [0.05, 0.1) is 0 Å². The lowest BCUT2D eigenvalue weighted by atomic mass is 9.93. The number of rotatable bonds is 5. The quantitative estimate of drug-likeness (QED) is 0.576. The molecule has 2 aromatic rings. The molecule has 1 amide bonds. The Kier molecular flexibility index (Phi) is 4.87. The maximum atomic E-state index is 12.5. The first-order valence-corrected chi connectivity index (χ1v) is 10.5. The van der Waals surface area contributed by atoms with E-state index in [4.69, 9.17) is 9.15 Å². The van der Waals surface area contributed by atoms with Gasteiger partial charge in [0, 0.05) is 50.2 Å². The lowest BCUT2D eigenvalue weighted by Crippen LogP contribution is -2.51. The zero-order valence-corrected chi connectivity index (χ0v) is 16.5. The lowest BCUT2D eigenvalue weighted by Gasteiger charge is -2.36. The van der Waals surface area contributed by atoms with Crippen molar-refractivity contribution >= 4 is 16.9 Å². The van der Waals surface area contributed by atoms with Crippen LogP contribution in [-0.4, -0.2) is 55.0 Å². The second-order valence-electron chi connectivity index (χ2n) is 8.46. The molecular weight excluding hydrogens is 368 g/mol. The molecule has 1 aromatic carbocycles. The predicted molar refractivity (Wildman–Crippen MR) is 110 cm³/mol. The summed E-state index contributed by atoms with van der Waals surface area (Å²) in [6.07, 6.45) is 7.48. The molecule has 2 heterocycles. The number of carbonyl (C=O) groups is 1.